The van der Waals surface area contributed by atoms with Gasteiger partial charge in [-0.25, -0.2) is 0 Å². The molecule has 0 aliphatic heterocycles. The molecule has 17 valence electrons. The Morgan fingerprint density at radius 2 is 1.00 bits per heavy atom. The summed E-state index contributed by atoms with van der Waals surface area (Å²) in [5.41, 5.74) is 0. The van der Waals surface area contributed by atoms with E-state index in [2.05, 4.69) is 0 Å². The summed E-state index contributed by atoms with van der Waals surface area (Å²) in [5, 5.41) is 0. The Morgan fingerprint density at radius 1 is 1.00 bits per heavy atom. The van der Waals surface area contributed by atoms with Gasteiger partial charge in [-0.1, -0.05) is 0 Å². The first-order chi connectivity index (χ1) is 0. The fourth-order valence-electron chi connectivity index (χ4n) is 0. The zero-order valence-corrected chi connectivity index (χ0v) is 11.2. The van der Waals surface area contributed by atoms with Gasteiger partial charge >= 0.3 is 0 Å². The Labute approximate surface area is 87.5 Å². The topological polar surface area (TPSA) is 0 Å². The maximum atomic E-state index is 0. The summed E-state index contributed by atoms with van der Waals surface area (Å²) >= 11 is 0. The fourth-order valence-corrected chi connectivity index (χ4v) is 0. The van der Waals surface area contributed by atoms with Gasteiger partial charge in [0.15, 0.2) is 0 Å². The summed E-state index contributed by atoms with van der Waals surface area (Å²) in [6.45, 7) is 0. The van der Waals surface area contributed by atoms with Crippen molar-refractivity contribution in [3.8, 4) is 0 Å². The summed E-state index contributed by atoms with van der Waals surface area (Å²) in [6.07, 6.45) is 0. The van der Waals surface area contributed by atoms with Gasteiger partial charge in [0.2, 0.25) is 0 Å². The van der Waals surface area contributed by atoms with Gasteiger partial charge in [0.05, 0.1) is 0 Å². The Hall–Kier alpha value is 2.94. The molecule has 0 unspecified atom stereocenters. The van der Waals surface area contributed by atoms with Crippen molar-refractivity contribution in [1.29, 1.82) is 0 Å². The van der Waals surface area contributed by atoms with Crippen LogP contribution < -0.4 is 0 Å². The van der Waals surface area contributed by atoms with E-state index in [4.69, 9.17) is 0 Å². The third kappa shape index (κ3) is 8.87. The average molecular weight is 364 g/mol. The maximum Gasteiger partial charge on any atom is 0 e. The van der Waals surface area contributed by atoms with E-state index in [0.29, 0.717) is 0 Å². The number of rotatable bonds is 0. The van der Waals surface area contributed by atoms with Crippen LogP contribution in [-0.2, 0) is 21.7 Å². The van der Waals surface area contributed by atoms with Crippen LogP contribution >= 0.6 is 0 Å². The second-order valence-corrected chi connectivity index (χ2v) is 0. The smallest absolute Gasteiger partial charge is 0 e. The molecule has 4 heavy (non-hydrogen) atoms. The molecular formula is GaSnTeTi. The van der Waals surface area contributed by atoms with Gasteiger partial charge in [0.1, 0.15) is 0 Å². The molecule has 0 saturated carbocycles. The van der Waals surface area contributed by atoms with Crippen molar-refractivity contribution < 1.29 is 21.7 Å². The summed E-state index contributed by atoms with van der Waals surface area (Å²) in [6, 6.07) is 0. The zero-order chi connectivity index (χ0) is 0. The Balaban J connectivity index is 0. The molecular weight excluding hydrogens is 364 g/mol. The Morgan fingerprint density at radius 3 is 1.00 bits per heavy atom. The number of hydrogen-bond donors (Lipinski definition) is 0. The van der Waals surface area contributed by atoms with Crippen LogP contribution in [0.2, 0.25) is 0 Å². The van der Waals surface area contributed by atoms with E-state index in [1.165, 1.54) is 0 Å². The van der Waals surface area contributed by atoms with E-state index in [-0.39, 0.29) is 89.1 Å². The molecule has 4 heteroatoms. The molecule has 0 aliphatic rings. The van der Waals surface area contributed by atoms with Crippen molar-refractivity contribution in [3.63, 3.8) is 0 Å². The fraction of sp³-hybridized carbons (Fsp3) is 0. The molecule has 0 spiro atoms. The number of hydrogen-bond acceptors (Lipinski definition) is 0. The van der Waals surface area contributed by atoms with E-state index in [9.17, 15) is 0 Å². The molecule has 0 aromatic heterocycles. The van der Waals surface area contributed by atoms with Crippen molar-refractivity contribution in [3.05, 3.63) is 0 Å². The molecule has 0 heterocycles. The van der Waals surface area contributed by atoms with Gasteiger partial charge in [-0.2, -0.15) is 0 Å². The quantitative estimate of drug-likeness (QED) is 0.477. The molecule has 0 amide bonds. The van der Waals surface area contributed by atoms with Crippen LogP contribution in [-0.4, -0.2) is 67.4 Å². The van der Waals surface area contributed by atoms with Crippen LogP contribution in [0.1, 0.15) is 0 Å². The van der Waals surface area contributed by atoms with Gasteiger partial charge in [0.25, 0.3) is 0 Å². The summed E-state index contributed by atoms with van der Waals surface area (Å²) < 4.78 is 0. The predicted molar refractivity (Wildman–Crippen MR) is 17.3 cm³/mol. The first-order valence-corrected chi connectivity index (χ1v) is 0. The SMILES string of the molecule is [Ga].[Sn].[Te].[Ti]. The normalized spacial score (nSPS) is 0. The standard InChI is InChI=1S/Ga.Sn.Te.Ti. The van der Waals surface area contributed by atoms with Crippen LogP contribution in [0.4, 0.5) is 0 Å². The zero-order valence-electron chi connectivity index (χ0n) is 1.99. The first kappa shape index (κ1) is 28.3. The molecule has 0 saturated heterocycles. The van der Waals surface area contributed by atoms with Gasteiger partial charge in [0, 0.05) is 89.1 Å². The van der Waals surface area contributed by atoms with Crippen LogP contribution in [0.15, 0.2) is 0 Å². The molecule has 0 rings (SSSR count). The van der Waals surface area contributed by atoms with Crippen molar-refractivity contribution in [2.75, 3.05) is 0 Å². The van der Waals surface area contributed by atoms with Gasteiger partial charge in [-0.3, -0.25) is 0 Å². The van der Waals surface area contributed by atoms with Gasteiger partial charge in [-0.15, -0.1) is 0 Å². The summed E-state index contributed by atoms with van der Waals surface area (Å²) in [7, 11) is 0. The van der Waals surface area contributed by atoms with Crippen LogP contribution in [0.5, 0.6) is 0 Å². The molecule has 0 atom stereocenters. The minimum absolute atomic E-state index is 0. The summed E-state index contributed by atoms with van der Waals surface area (Å²) in [4.78, 5) is 0. The maximum absolute atomic E-state index is 0. The van der Waals surface area contributed by atoms with E-state index >= 15 is 0 Å². The minimum atomic E-state index is 0. The second kappa shape index (κ2) is 16.8. The molecule has 0 aliphatic carbocycles. The van der Waals surface area contributed by atoms with Crippen molar-refractivity contribution >= 4 is 67.4 Å². The monoisotopic (exact) mass is 367 g/mol. The second-order valence-electron chi connectivity index (χ2n) is 0. The molecule has 0 aromatic rings. The van der Waals surface area contributed by atoms with Crippen LogP contribution in [0.25, 0.3) is 0 Å². The summed E-state index contributed by atoms with van der Waals surface area (Å²) in [5.74, 6) is 0. The molecule has 0 fully saturated rings. The molecule has 0 bridgehead atoms. The molecule has 0 nitrogen and oxygen atoms in total. The predicted octanol–water partition coefficient (Wildman–Crippen LogP) is -1.14. The third-order valence-corrected chi connectivity index (χ3v) is 0. The minimum Gasteiger partial charge on any atom is 0 e. The van der Waals surface area contributed by atoms with Crippen LogP contribution in [0.3, 0.4) is 0 Å². The Bertz CT molecular complexity index is 8.00. The van der Waals surface area contributed by atoms with E-state index < -0.39 is 0 Å². The van der Waals surface area contributed by atoms with Crippen molar-refractivity contribution in [1.82, 2.24) is 0 Å². The van der Waals surface area contributed by atoms with E-state index in [0.717, 1.165) is 0 Å². The van der Waals surface area contributed by atoms with E-state index in [1.807, 2.05) is 0 Å². The van der Waals surface area contributed by atoms with E-state index in [1.54, 1.807) is 0 Å². The average Bonchev–Trinajstić information content (AvgIpc) is 0. The van der Waals surface area contributed by atoms with Crippen molar-refractivity contribution in [2.24, 2.45) is 0 Å². The molecule has 0 aromatic carbocycles. The van der Waals surface area contributed by atoms with Gasteiger partial charge < -0.3 is 0 Å². The van der Waals surface area contributed by atoms with Crippen LogP contribution in [0, 0.1) is 0 Å². The third-order valence-electron chi connectivity index (χ3n) is 0. The van der Waals surface area contributed by atoms with Gasteiger partial charge in [-0.05, 0) is 0 Å². The Kier molecular flexibility index (Phi) is 119. The molecule has 9 radical (unpaired) electrons. The largest absolute Gasteiger partial charge is 0 e. The first-order valence-electron chi connectivity index (χ1n) is 0. The molecule has 0 N–H and O–H groups in total. The van der Waals surface area contributed by atoms with Crippen molar-refractivity contribution in [2.45, 2.75) is 0 Å².